The second kappa shape index (κ2) is 7.77. The highest BCUT2D eigenvalue weighted by Crippen LogP contribution is 2.35. The van der Waals surface area contributed by atoms with Crippen LogP contribution in [0.5, 0.6) is 0 Å². The van der Waals surface area contributed by atoms with Gasteiger partial charge in [0.1, 0.15) is 22.6 Å². The summed E-state index contributed by atoms with van der Waals surface area (Å²) in [4.78, 5) is 30.7. The van der Waals surface area contributed by atoms with Gasteiger partial charge in [0, 0.05) is 11.3 Å². The first kappa shape index (κ1) is 19.5. The Morgan fingerprint density at radius 2 is 1.71 bits per heavy atom. The number of thiazole rings is 1. The topological polar surface area (TPSA) is 102 Å². The quantitative estimate of drug-likeness (QED) is 0.620. The van der Waals surface area contributed by atoms with Crippen LogP contribution in [-0.2, 0) is 4.79 Å². The Bertz CT molecular complexity index is 1020. The zero-order valence-electron chi connectivity index (χ0n) is 15.3. The zero-order valence-corrected chi connectivity index (χ0v) is 16.2. The van der Waals surface area contributed by atoms with Crippen LogP contribution in [0.15, 0.2) is 48.5 Å². The fourth-order valence-electron chi connectivity index (χ4n) is 2.65. The lowest BCUT2D eigenvalue weighted by Gasteiger charge is -2.26. The molecule has 0 aliphatic heterocycles. The smallest absolute Gasteiger partial charge is 0.240 e. The Labute approximate surface area is 165 Å². The fourth-order valence-corrected chi connectivity index (χ4v) is 3.70. The van der Waals surface area contributed by atoms with Crippen molar-refractivity contribution in [2.75, 3.05) is 10.6 Å². The van der Waals surface area contributed by atoms with E-state index in [1.165, 1.54) is 29.2 Å². The average molecular weight is 398 g/mol. The minimum absolute atomic E-state index is 0.0642. The standard InChI is InChI=1S/C20H19FN4O2S/c1-11-3-5-13(6-4-11)16(26)17-18(22)24-20(28-17)25(12(2)19(23)27)15-9-7-14(21)8-10-15/h3-10,12H,22H2,1-2H3,(H2,23,27). The number of carbonyl (C=O) groups is 2. The molecule has 1 atom stereocenters. The molecule has 8 heteroatoms. The lowest BCUT2D eigenvalue weighted by molar-refractivity contribution is -0.118. The van der Waals surface area contributed by atoms with Crippen molar-refractivity contribution >= 4 is 39.7 Å². The van der Waals surface area contributed by atoms with E-state index >= 15 is 0 Å². The van der Waals surface area contributed by atoms with Crippen LogP contribution in [0.25, 0.3) is 0 Å². The van der Waals surface area contributed by atoms with Crippen molar-refractivity contribution in [1.29, 1.82) is 0 Å². The maximum absolute atomic E-state index is 13.3. The molecule has 4 N–H and O–H groups in total. The van der Waals surface area contributed by atoms with E-state index in [-0.39, 0.29) is 16.5 Å². The number of ketones is 1. The summed E-state index contributed by atoms with van der Waals surface area (Å²) in [5, 5.41) is 0.325. The number of nitrogen functional groups attached to an aromatic ring is 1. The largest absolute Gasteiger partial charge is 0.382 e. The number of aryl methyl sites for hydroxylation is 1. The van der Waals surface area contributed by atoms with Crippen molar-refractivity contribution in [2.24, 2.45) is 5.73 Å². The normalized spacial score (nSPS) is 11.8. The average Bonchev–Trinajstić information content (AvgIpc) is 3.04. The van der Waals surface area contributed by atoms with Gasteiger partial charge in [-0.2, -0.15) is 0 Å². The maximum atomic E-state index is 13.3. The van der Waals surface area contributed by atoms with Gasteiger partial charge in [0.25, 0.3) is 0 Å². The number of nitrogens with zero attached hydrogens (tertiary/aromatic N) is 2. The Morgan fingerprint density at radius 3 is 2.29 bits per heavy atom. The first-order valence-corrected chi connectivity index (χ1v) is 9.31. The molecule has 3 aromatic rings. The van der Waals surface area contributed by atoms with Crippen LogP contribution >= 0.6 is 11.3 Å². The van der Waals surface area contributed by atoms with Gasteiger partial charge in [0.05, 0.1) is 0 Å². The number of anilines is 3. The van der Waals surface area contributed by atoms with Gasteiger partial charge in [-0.1, -0.05) is 41.2 Å². The summed E-state index contributed by atoms with van der Waals surface area (Å²) in [6.07, 6.45) is 0. The number of primary amides is 1. The monoisotopic (exact) mass is 398 g/mol. The number of benzene rings is 2. The van der Waals surface area contributed by atoms with Crippen LogP contribution < -0.4 is 16.4 Å². The van der Waals surface area contributed by atoms with Crippen molar-refractivity contribution in [3.05, 3.63) is 70.4 Å². The Hall–Kier alpha value is -3.26. The van der Waals surface area contributed by atoms with Gasteiger partial charge in [0.15, 0.2) is 5.13 Å². The highest BCUT2D eigenvalue weighted by atomic mass is 32.1. The molecular weight excluding hydrogens is 379 g/mol. The summed E-state index contributed by atoms with van der Waals surface area (Å²) in [6.45, 7) is 3.53. The van der Waals surface area contributed by atoms with E-state index in [0.29, 0.717) is 16.4 Å². The van der Waals surface area contributed by atoms with E-state index in [1.807, 2.05) is 19.1 Å². The molecule has 3 rings (SSSR count). The van der Waals surface area contributed by atoms with Crippen molar-refractivity contribution in [3.63, 3.8) is 0 Å². The molecule has 0 spiro atoms. The molecule has 1 amide bonds. The fraction of sp³-hybridized carbons (Fsp3) is 0.150. The molecule has 0 radical (unpaired) electrons. The molecular formula is C20H19FN4O2S. The lowest BCUT2D eigenvalue weighted by atomic mass is 10.1. The van der Waals surface area contributed by atoms with E-state index in [0.717, 1.165) is 16.9 Å². The minimum atomic E-state index is -0.779. The summed E-state index contributed by atoms with van der Waals surface area (Å²) < 4.78 is 13.3. The van der Waals surface area contributed by atoms with E-state index in [1.54, 1.807) is 19.1 Å². The Balaban J connectivity index is 2.03. The van der Waals surface area contributed by atoms with Crippen LogP contribution in [0, 0.1) is 12.7 Å². The predicted molar refractivity (Wildman–Crippen MR) is 108 cm³/mol. The van der Waals surface area contributed by atoms with Crippen molar-refractivity contribution < 1.29 is 14.0 Å². The van der Waals surface area contributed by atoms with Crippen LogP contribution in [0.2, 0.25) is 0 Å². The van der Waals surface area contributed by atoms with E-state index in [9.17, 15) is 14.0 Å². The van der Waals surface area contributed by atoms with Gasteiger partial charge >= 0.3 is 0 Å². The number of carbonyl (C=O) groups excluding carboxylic acids is 2. The summed E-state index contributed by atoms with van der Waals surface area (Å²) in [7, 11) is 0. The molecule has 28 heavy (non-hydrogen) atoms. The molecule has 0 saturated heterocycles. The Morgan fingerprint density at radius 1 is 1.11 bits per heavy atom. The number of hydrogen-bond acceptors (Lipinski definition) is 6. The SMILES string of the molecule is Cc1ccc(C(=O)c2sc(N(c3ccc(F)cc3)C(C)C(N)=O)nc2N)cc1. The second-order valence-corrected chi connectivity index (χ2v) is 7.31. The Kier molecular flexibility index (Phi) is 5.41. The molecule has 1 unspecified atom stereocenters. The number of aromatic nitrogens is 1. The second-order valence-electron chi connectivity index (χ2n) is 6.33. The van der Waals surface area contributed by atoms with Crippen molar-refractivity contribution in [1.82, 2.24) is 4.98 Å². The molecule has 144 valence electrons. The predicted octanol–water partition coefficient (Wildman–Crippen LogP) is 3.42. The first-order valence-electron chi connectivity index (χ1n) is 8.49. The van der Waals surface area contributed by atoms with Crippen molar-refractivity contribution in [3.8, 4) is 0 Å². The van der Waals surface area contributed by atoms with Gasteiger partial charge in [0.2, 0.25) is 11.7 Å². The third kappa shape index (κ3) is 3.86. The van der Waals surface area contributed by atoms with E-state index in [2.05, 4.69) is 4.98 Å². The molecule has 6 nitrogen and oxygen atoms in total. The molecule has 2 aromatic carbocycles. The van der Waals surface area contributed by atoms with Crippen LogP contribution in [0.1, 0.15) is 27.7 Å². The number of amides is 1. The summed E-state index contributed by atoms with van der Waals surface area (Å²) in [5.41, 5.74) is 13.5. The lowest BCUT2D eigenvalue weighted by Crippen LogP contribution is -2.39. The molecule has 0 aliphatic carbocycles. The summed E-state index contributed by atoms with van der Waals surface area (Å²) >= 11 is 1.06. The molecule has 1 aromatic heterocycles. The van der Waals surface area contributed by atoms with Gasteiger partial charge in [-0.25, -0.2) is 9.37 Å². The van der Waals surface area contributed by atoms with Crippen LogP contribution in [0.3, 0.4) is 0 Å². The van der Waals surface area contributed by atoms with Gasteiger partial charge < -0.3 is 16.4 Å². The third-order valence-electron chi connectivity index (χ3n) is 4.27. The number of hydrogen-bond donors (Lipinski definition) is 2. The number of nitrogens with two attached hydrogens (primary N) is 2. The van der Waals surface area contributed by atoms with Gasteiger partial charge in [-0.3, -0.25) is 9.59 Å². The highest BCUT2D eigenvalue weighted by molar-refractivity contribution is 7.18. The van der Waals surface area contributed by atoms with Crippen LogP contribution in [-0.4, -0.2) is 22.7 Å². The highest BCUT2D eigenvalue weighted by Gasteiger charge is 2.27. The van der Waals surface area contributed by atoms with E-state index < -0.39 is 17.8 Å². The first-order chi connectivity index (χ1) is 13.3. The maximum Gasteiger partial charge on any atom is 0.240 e. The van der Waals surface area contributed by atoms with Gasteiger partial charge in [-0.05, 0) is 38.1 Å². The summed E-state index contributed by atoms with van der Waals surface area (Å²) in [5.74, 6) is -1.20. The molecule has 1 heterocycles. The van der Waals surface area contributed by atoms with Gasteiger partial charge in [-0.15, -0.1) is 0 Å². The molecule has 0 bridgehead atoms. The molecule has 0 saturated carbocycles. The van der Waals surface area contributed by atoms with Crippen molar-refractivity contribution in [2.45, 2.75) is 19.9 Å². The number of halogens is 1. The molecule has 0 fully saturated rings. The minimum Gasteiger partial charge on any atom is -0.382 e. The van der Waals surface area contributed by atoms with Crippen LogP contribution in [0.4, 0.5) is 21.0 Å². The summed E-state index contributed by atoms with van der Waals surface area (Å²) in [6, 6.07) is 11.9. The third-order valence-corrected chi connectivity index (χ3v) is 5.34. The molecule has 0 aliphatic rings. The van der Waals surface area contributed by atoms with E-state index in [4.69, 9.17) is 11.5 Å². The zero-order chi connectivity index (χ0) is 20.4. The number of rotatable bonds is 6.